The van der Waals surface area contributed by atoms with E-state index in [4.69, 9.17) is 4.74 Å². The van der Waals surface area contributed by atoms with Crippen LogP contribution in [0.5, 0.6) is 5.75 Å². The van der Waals surface area contributed by atoms with Crippen molar-refractivity contribution in [1.29, 1.82) is 0 Å². The summed E-state index contributed by atoms with van der Waals surface area (Å²) in [7, 11) is 1.59. The number of ether oxygens (including phenoxy) is 1. The molecule has 2 rings (SSSR count). The summed E-state index contributed by atoms with van der Waals surface area (Å²) < 4.78 is 19.7. The molecule has 2 nitrogen and oxygen atoms in total. The molecule has 0 radical (unpaired) electrons. The van der Waals surface area contributed by atoms with E-state index < -0.39 is 6.10 Å². The first-order valence-electron chi connectivity index (χ1n) is 6.30. The molecule has 0 aliphatic rings. The van der Waals surface area contributed by atoms with Crippen LogP contribution >= 0.6 is 15.9 Å². The zero-order valence-corrected chi connectivity index (χ0v) is 12.9. The smallest absolute Gasteiger partial charge is 0.127 e. The molecular weight excluding hydrogens is 323 g/mol. The molecule has 0 saturated heterocycles. The fourth-order valence-corrected chi connectivity index (χ4v) is 2.46. The molecule has 0 bridgehead atoms. The topological polar surface area (TPSA) is 29.5 Å². The fraction of sp³-hybridized carbons (Fsp3) is 0.250. The lowest BCUT2D eigenvalue weighted by Crippen LogP contribution is -2.09. The molecule has 20 heavy (non-hydrogen) atoms. The van der Waals surface area contributed by atoms with Crippen molar-refractivity contribution in [2.75, 3.05) is 7.11 Å². The van der Waals surface area contributed by atoms with E-state index in [2.05, 4.69) is 15.9 Å². The third kappa shape index (κ3) is 3.19. The van der Waals surface area contributed by atoms with E-state index in [0.717, 1.165) is 11.3 Å². The Balaban J connectivity index is 2.24. The van der Waals surface area contributed by atoms with Gasteiger partial charge < -0.3 is 9.84 Å². The van der Waals surface area contributed by atoms with Gasteiger partial charge in [0.05, 0.1) is 13.2 Å². The van der Waals surface area contributed by atoms with Crippen LogP contribution in [-0.4, -0.2) is 12.2 Å². The van der Waals surface area contributed by atoms with Gasteiger partial charge in [0.15, 0.2) is 0 Å². The van der Waals surface area contributed by atoms with Gasteiger partial charge in [-0.25, -0.2) is 4.39 Å². The van der Waals surface area contributed by atoms with Gasteiger partial charge in [-0.1, -0.05) is 41.1 Å². The molecule has 0 spiro atoms. The minimum absolute atomic E-state index is 0.320. The van der Waals surface area contributed by atoms with Crippen LogP contribution in [0.2, 0.25) is 0 Å². The minimum atomic E-state index is -0.767. The molecule has 0 unspecified atom stereocenters. The molecule has 2 aromatic rings. The summed E-state index contributed by atoms with van der Waals surface area (Å²) in [6.45, 7) is 1.81. The van der Waals surface area contributed by atoms with E-state index in [-0.39, 0.29) is 11.7 Å². The monoisotopic (exact) mass is 338 g/mol. The zero-order valence-electron chi connectivity index (χ0n) is 11.3. The first-order valence-corrected chi connectivity index (χ1v) is 7.09. The highest BCUT2D eigenvalue weighted by Gasteiger charge is 2.21. The maximum atomic E-state index is 13.9. The van der Waals surface area contributed by atoms with Crippen LogP contribution in [0.1, 0.15) is 30.1 Å². The van der Waals surface area contributed by atoms with E-state index in [9.17, 15) is 9.50 Å². The number of hydrogen-bond acceptors (Lipinski definition) is 2. The molecule has 0 fully saturated rings. The minimum Gasteiger partial charge on any atom is -0.497 e. The molecular formula is C16H16BrFO2. The van der Waals surface area contributed by atoms with Crippen LogP contribution in [0.3, 0.4) is 0 Å². The Hall–Kier alpha value is -1.39. The van der Waals surface area contributed by atoms with Crippen molar-refractivity contribution < 1.29 is 14.2 Å². The summed E-state index contributed by atoms with van der Waals surface area (Å²) in [5.74, 6) is 0.0688. The normalized spacial score (nSPS) is 13.8. The van der Waals surface area contributed by atoms with E-state index >= 15 is 0 Å². The van der Waals surface area contributed by atoms with Crippen LogP contribution in [0, 0.1) is 5.82 Å². The second kappa shape index (κ2) is 6.37. The highest BCUT2D eigenvalue weighted by atomic mass is 79.9. The van der Waals surface area contributed by atoms with Gasteiger partial charge in [-0.3, -0.25) is 0 Å². The highest BCUT2D eigenvalue weighted by Crippen LogP contribution is 2.33. The largest absolute Gasteiger partial charge is 0.497 e. The summed E-state index contributed by atoms with van der Waals surface area (Å²) in [5, 5.41) is 10.4. The molecule has 2 atom stereocenters. The van der Waals surface area contributed by atoms with Gasteiger partial charge in [-0.2, -0.15) is 0 Å². The second-order valence-electron chi connectivity index (χ2n) is 4.67. The summed E-state index contributed by atoms with van der Waals surface area (Å²) in [5.41, 5.74) is 1.23. The molecule has 0 aliphatic heterocycles. The molecule has 0 aromatic heterocycles. The number of methoxy groups -OCH3 is 1. The number of rotatable bonds is 4. The van der Waals surface area contributed by atoms with Crippen molar-refractivity contribution in [3.05, 3.63) is 63.9 Å². The Morgan fingerprint density at radius 2 is 1.80 bits per heavy atom. The molecule has 106 valence electrons. The third-order valence-electron chi connectivity index (χ3n) is 3.38. The average Bonchev–Trinajstić information content (AvgIpc) is 2.46. The van der Waals surface area contributed by atoms with Crippen molar-refractivity contribution in [3.8, 4) is 5.75 Å². The maximum Gasteiger partial charge on any atom is 0.127 e. The van der Waals surface area contributed by atoms with E-state index in [0.29, 0.717) is 10.0 Å². The van der Waals surface area contributed by atoms with Gasteiger partial charge >= 0.3 is 0 Å². The van der Waals surface area contributed by atoms with Crippen molar-refractivity contribution >= 4 is 15.9 Å². The van der Waals surface area contributed by atoms with Gasteiger partial charge in [-0.15, -0.1) is 0 Å². The molecule has 0 saturated carbocycles. The first-order chi connectivity index (χ1) is 9.52. The van der Waals surface area contributed by atoms with Crippen LogP contribution in [0.4, 0.5) is 4.39 Å². The fourth-order valence-electron chi connectivity index (χ4n) is 2.13. The first kappa shape index (κ1) is 15.0. The Morgan fingerprint density at radius 1 is 1.15 bits per heavy atom. The van der Waals surface area contributed by atoms with Crippen LogP contribution in [0.25, 0.3) is 0 Å². The molecule has 4 heteroatoms. The second-order valence-corrected chi connectivity index (χ2v) is 5.59. The number of benzene rings is 2. The van der Waals surface area contributed by atoms with Gasteiger partial charge in [0.2, 0.25) is 0 Å². The lowest BCUT2D eigenvalue weighted by atomic mass is 9.90. The summed E-state index contributed by atoms with van der Waals surface area (Å²) in [6.07, 6.45) is -0.767. The number of aliphatic hydroxyl groups excluding tert-OH is 1. The van der Waals surface area contributed by atoms with Gasteiger partial charge in [-0.05, 0) is 35.4 Å². The van der Waals surface area contributed by atoms with Crippen LogP contribution in [-0.2, 0) is 0 Å². The number of halogens is 2. The van der Waals surface area contributed by atoms with E-state index in [1.54, 1.807) is 50.4 Å². The SMILES string of the molecule is COc1ccc([C@H](O)[C@H](C)c2ccc(Br)cc2F)cc1. The molecule has 0 aliphatic carbocycles. The predicted molar refractivity (Wildman–Crippen MR) is 80.5 cm³/mol. The third-order valence-corrected chi connectivity index (χ3v) is 3.88. The van der Waals surface area contributed by atoms with Gasteiger partial charge in [0, 0.05) is 10.4 Å². The lowest BCUT2D eigenvalue weighted by Gasteiger charge is -2.20. The number of hydrogen-bond donors (Lipinski definition) is 1. The summed E-state index contributed by atoms with van der Waals surface area (Å²) in [6, 6.07) is 12.0. The standard InChI is InChI=1S/C16H16BrFO2/c1-10(14-8-5-12(17)9-15(14)18)16(19)11-3-6-13(20-2)7-4-11/h3-10,16,19H,1-2H3/t10-,16-/m1/s1. The molecule has 2 aromatic carbocycles. The Labute approximate surface area is 126 Å². The van der Waals surface area contributed by atoms with Crippen LogP contribution < -0.4 is 4.74 Å². The van der Waals surface area contributed by atoms with Crippen molar-refractivity contribution in [2.24, 2.45) is 0 Å². The highest BCUT2D eigenvalue weighted by molar-refractivity contribution is 9.10. The van der Waals surface area contributed by atoms with E-state index in [1.165, 1.54) is 6.07 Å². The summed E-state index contributed by atoms with van der Waals surface area (Å²) in [4.78, 5) is 0. The zero-order chi connectivity index (χ0) is 14.7. The maximum absolute atomic E-state index is 13.9. The Bertz CT molecular complexity index is 584. The molecule has 1 N–H and O–H groups in total. The number of aliphatic hydroxyl groups is 1. The molecule has 0 heterocycles. The molecule has 0 amide bonds. The van der Waals surface area contributed by atoms with Crippen LogP contribution in [0.15, 0.2) is 46.9 Å². The predicted octanol–water partition coefficient (Wildman–Crippen LogP) is 4.43. The van der Waals surface area contributed by atoms with E-state index in [1.807, 2.05) is 0 Å². The lowest BCUT2D eigenvalue weighted by molar-refractivity contribution is 0.150. The Kier molecular flexibility index (Phi) is 4.78. The van der Waals surface area contributed by atoms with Gasteiger partial charge in [0.1, 0.15) is 11.6 Å². The average molecular weight is 339 g/mol. The van der Waals surface area contributed by atoms with Gasteiger partial charge in [0.25, 0.3) is 0 Å². The summed E-state index contributed by atoms with van der Waals surface area (Å²) >= 11 is 3.23. The van der Waals surface area contributed by atoms with Crippen molar-refractivity contribution in [2.45, 2.75) is 18.9 Å². The Morgan fingerprint density at radius 3 is 2.35 bits per heavy atom. The quantitative estimate of drug-likeness (QED) is 0.893. The van der Waals surface area contributed by atoms with Crippen molar-refractivity contribution in [1.82, 2.24) is 0 Å². The van der Waals surface area contributed by atoms with Crippen molar-refractivity contribution in [3.63, 3.8) is 0 Å².